The fourth-order valence-corrected chi connectivity index (χ4v) is 2.58. The Morgan fingerprint density at radius 1 is 1.44 bits per heavy atom. The predicted molar refractivity (Wildman–Crippen MR) is 75.1 cm³/mol. The van der Waals surface area contributed by atoms with E-state index in [0.717, 1.165) is 36.6 Å². The number of halogens is 1. The fourth-order valence-electron chi connectivity index (χ4n) is 2.39. The van der Waals surface area contributed by atoms with E-state index in [4.69, 9.17) is 11.6 Å². The van der Waals surface area contributed by atoms with Gasteiger partial charge in [-0.15, -0.1) is 0 Å². The third kappa shape index (κ3) is 3.16. The van der Waals surface area contributed by atoms with Crippen molar-refractivity contribution in [3.05, 3.63) is 29.3 Å². The van der Waals surface area contributed by atoms with Crippen LogP contribution in [0.4, 0.5) is 5.69 Å². The van der Waals surface area contributed by atoms with E-state index in [0.29, 0.717) is 6.54 Å². The first kappa shape index (κ1) is 13.2. The molecule has 1 saturated heterocycles. The maximum absolute atomic E-state index is 11.7. The van der Waals surface area contributed by atoms with Gasteiger partial charge in [0.1, 0.15) is 0 Å². The third-order valence-corrected chi connectivity index (χ3v) is 3.63. The van der Waals surface area contributed by atoms with E-state index in [2.05, 4.69) is 16.3 Å². The van der Waals surface area contributed by atoms with Crippen molar-refractivity contribution in [3.8, 4) is 0 Å². The number of hydrogen-bond donors (Lipinski definition) is 1. The van der Waals surface area contributed by atoms with E-state index in [1.165, 1.54) is 0 Å². The number of anilines is 1. The summed E-state index contributed by atoms with van der Waals surface area (Å²) in [7, 11) is 0. The van der Waals surface area contributed by atoms with Crippen molar-refractivity contribution in [3.63, 3.8) is 0 Å². The molecule has 4 heteroatoms. The molecule has 2 rings (SSSR count). The molecule has 1 fully saturated rings. The van der Waals surface area contributed by atoms with E-state index in [1.807, 2.05) is 25.1 Å². The molecule has 1 heterocycles. The Morgan fingerprint density at radius 2 is 2.17 bits per heavy atom. The Balaban J connectivity index is 1.92. The van der Waals surface area contributed by atoms with Crippen LogP contribution in [-0.4, -0.2) is 25.5 Å². The second-order valence-corrected chi connectivity index (χ2v) is 5.07. The summed E-state index contributed by atoms with van der Waals surface area (Å²) in [5, 5.41) is 3.66. The highest BCUT2D eigenvalue weighted by atomic mass is 35.5. The average Bonchev–Trinajstić information content (AvgIpc) is 2.39. The lowest BCUT2D eigenvalue weighted by Crippen LogP contribution is -2.40. The minimum absolute atomic E-state index is 0.167. The first-order valence-electron chi connectivity index (χ1n) is 6.49. The monoisotopic (exact) mass is 266 g/mol. The number of piperidine rings is 1. The molecule has 0 unspecified atom stereocenters. The van der Waals surface area contributed by atoms with Crippen molar-refractivity contribution >= 4 is 23.2 Å². The van der Waals surface area contributed by atoms with Gasteiger partial charge in [-0.2, -0.15) is 0 Å². The molecule has 98 valence electrons. The molecule has 18 heavy (non-hydrogen) atoms. The molecule has 1 aromatic rings. The summed E-state index contributed by atoms with van der Waals surface area (Å²) in [4.78, 5) is 14.0. The number of nitrogens with one attached hydrogen (secondary N) is 1. The van der Waals surface area contributed by atoms with E-state index >= 15 is 0 Å². The maximum atomic E-state index is 11.7. The quantitative estimate of drug-likeness (QED) is 0.912. The zero-order chi connectivity index (χ0) is 13.0. The molecule has 1 amide bonds. The van der Waals surface area contributed by atoms with Gasteiger partial charge in [-0.3, -0.25) is 4.79 Å². The summed E-state index contributed by atoms with van der Waals surface area (Å²) in [6.07, 6.45) is 1.83. The highest BCUT2D eigenvalue weighted by molar-refractivity contribution is 6.30. The molecule has 0 bridgehead atoms. The molecule has 0 spiro atoms. The maximum Gasteiger partial charge on any atom is 0.223 e. The average molecular weight is 267 g/mol. The van der Waals surface area contributed by atoms with Crippen molar-refractivity contribution in [2.75, 3.05) is 24.5 Å². The van der Waals surface area contributed by atoms with E-state index in [1.54, 1.807) is 0 Å². The number of nitrogens with zero attached hydrogens (tertiary/aromatic N) is 1. The largest absolute Gasteiger partial charge is 0.371 e. The molecule has 1 N–H and O–H groups in total. The second kappa shape index (κ2) is 6.10. The van der Waals surface area contributed by atoms with Gasteiger partial charge >= 0.3 is 0 Å². The van der Waals surface area contributed by atoms with Crippen LogP contribution in [0.3, 0.4) is 0 Å². The van der Waals surface area contributed by atoms with Crippen LogP contribution in [0.1, 0.15) is 19.8 Å². The summed E-state index contributed by atoms with van der Waals surface area (Å²) >= 11 is 5.99. The van der Waals surface area contributed by atoms with Gasteiger partial charge in [0, 0.05) is 36.3 Å². The van der Waals surface area contributed by atoms with Crippen molar-refractivity contribution in [2.24, 2.45) is 5.92 Å². The summed E-state index contributed by atoms with van der Waals surface area (Å²) in [5.74, 6) is 0.364. The Hall–Kier alpha value is -1.22. The minimum atomic E-state index is 0.167. The molecule has 0 radical (unpaired) electrons. The van der Waals surface area contributed by atoms with Gasteiger partial charge in [0.05, 0.1) is 0 Å². The lowest BCUT2D eigenvalue weighted by molar-refractivity contribution is -0.125. The van der Waals surface area contributed by atoms with Gasteiger partial charge in [0.15, 0.2) is 0 Å². The number of rotatable bonds is 3. The molecule has 0 atom stereocenters. The fraction of sp³-hybridized carbons (Fsp3) is 0.500. The van der Waals surface area contributed by atoms with Crippen LogP contribution in [-0.2, 0) is 4.79 Å². The molecule has 1 aliphatic rings. The van der Waals surface area contributed by atoms with Crippen molar-refractivity contribution < 1.29 is 4.79 Å². The molecule has 1 aliphatic heterocycles. The highest BCUT2D eigenvalue weighted by Crippen LogP contribution is 2.25. The van der Waals surface area contributed by atoms with Crippen LogP contribution in [0.15, 0.2) is 24.3 Å². The zero-order valence-electron chi connectivity index (χ0n) is 10.7. The zero-order valence-corrected chi connectivity index (χ0v) is 11.4. The number of benzene rings is 1. The van der Waals surface area contributed by atoms with Gasteiger partial charge in [0.25, 0.3) is 0 Å². The smallest absolute Gasteiger partial charge is 0.223 e. The normalized spacial score (nSPS) is 16.7. The molecule has 0 aliphatic carbocycles. The van der Waals surface area contributed by atoms with Crippen LogP contribution in [0.5, 0.6) is 0 Å². The van der Waals surface area contributed by atoms with Crippen LogP contribution in [0.25, 0.3) is 0 Å². The van der Waals surface area contributed by atoms with Crippen LogP contribution >= 0.6 is 11.6 Å². The summed E-state index contributed by atoms with van der Waals surface area (Å²) in [6.45, 7) is 4.51. The van der Waals surface area contributed by atoms with Gasteiger partial charge in [0.2, 0.25) is 5.91 Å². The number of carbonyl (C=O) groups is 1. The van der Waals surface area contributed by atoms with Crippen LogP contribution < -0.4 is 10.2 Å². The number of carbonyl (C=O) groups excluding carboxylic acids is 1. The van der Waals surface area contributed by atoms with Gasteiger partial charge < -0.3 is 10.2 Å². The first-order valence-corrected chi connectivity index (χ1v) is 6.86. The topological polar surface area (TPSA) is 32.3 Å². The molecular weight excluding hydrogens is 248 g/mol. The Kier molecular flexibility index (Phi) is 4.48. The molecule has 0 saturated carbocycles. The highest BCUT2D eigenvalue weighted by Gasteiger charge is 2.24. The van der Waals surface area contributed by atoms with E-state index in [9.17, 15) is 4.79 Å². The summed E-state index contributed by atoms with van der Waals surface area (Å²) < 4.78 is 0. The molecule has 3 nitrogen and oxygen atoms in total. The third-order valence-electron chi connectivity index (χ3n) is 3.39. The lowest BCUT2D eigenvalue weighted by Gasteiger charge is -2.33. The number of amides is 1. The SMILES string of the molecule is CCNC(=O)C1CCN(c2cccc(Cl)c2)CC1. The summed E-state index contributed by atoms with van der Waals surface area (Å²) in [5.41, 5.74) is 1.15. The van der Waals surface area contributed by atoms with Gasteiger partial charge in [-0.25, -0.2) is 0 Å². The van der Waals surface area contributed by atoms with E-state index < -0.39 is 0 Å². The van der Waals surface area contributed by atoms with Crippen molar-refractivity contribution in [1.29, 1.82) is 0 Å². The van der Waals surface area contributed by atoms with E-state index in [-0.39, 0.29) is 11.8 Å². The predicted octanol–water partition coefficient (Wildman–Crippen LogP) is 2.69. The Morgan fingerprint density at radius 3 is 2.78 bits per heavy atom. The minimum Gasteiger partial charge on any atom is -0.371 e. The molecule has 1 aromatic carbocycles. The van der Waals surface area contributed by atoms with Gasteiger partial charge in [-0.05, 0) is 38.0 Å². The van der Waals surface area contributed by atoms with Crippen LogP contribution in [0.2, 0.25) is 5.02 Å². The number of hydrogen-bond acceptors (Lipinski definition) is 2. The standard InChI is InChI=1S/C14H19ClN2O/c1-2-16-14(18)11-6-8-17(9-7-11)13-5-3-4-12(15)10-13/h3-5,10-11H,2,6-9H2,1H3,(H,16,18). The van der Waals surface area contributed by atoms with Gasteiger partial charge in [-0.1, -0.05) is 17.7 Å². The van der Waals surface area contributed by atoms with Crippen molar-refractivity contribution in [1.82, 2.24) is 5.32 Å². The first-order chi connectivity index (χ1) is 8.70. The Bertz CT molecular complexity index is 414. The molecule has 0 aromatic heterocycles. The van der Waals surface area contributed by atoms with Crippen LogP contribution in [0, 0.1) is 5.92 Å². The second-order valence-electron chi connectivity index (χ2n) is 4.64. The lowest BCUT2D eigenvalue weighted by atomic mass is 9.95. The van der Waals surface area contributed by atoms with Crippen molar-refractivity contribution in [2.45, 2.75) is 19.8 Å². The Labute approximate surface area is 113 Å². The summed E-state index contributed by atoms with van der Waals surface area (Å²) in [6, 6.07) is 7.90. The molecular formula is C14H19ClN2O.